The van der Waals surface area contributed by atoms with Crippen LogP contribution in [0.3, 0.4) is 0 Å². The molecule has 0 fully saturated rings. The number of aliphatic hydroxyl groups is 1. The van der Waals surface area contributed by atoms with Gasteiger partial charge in [-0.2, -0.15) is 0 Å². The number of nitrogens with zero attached hydrogens (tertiary/aromatic N) is 1. The molecule has 0 amide bonds. The monoisotopic (exact) mass is 192 g/mol. The first-order valence-electron chi connectivity index (χ1n) is 6.30. The first-order chi connectivity index (χ1) is 6.81. The van der Waals surface area contributed by atoms with Crippen molar-refractivity contribution in [1.29, 1.82) is 0 Å². The lowest BCUT2D eigenvalue weighted by atomic mass is 10.5. The van der Waals surface area contributed by atoms with Crippen molar-refractivity contribution in [2.24, 2.45) is 0 Å². The summed E-state index contributed by atoms with van der Waals surface area (Å²) in [5.74, 6) is 0. The minimum atomic E-state index is -3.26. The topological polar surface area (TPSA) is 20.2 Å². The van der Waals surface area contributed by atoms with Crippen molar-refractivity contribution in [2.45, 2.75) is 0 Å². The quantitative estimate of drug-likeness (QED) is 0.455. The van der Waals surface area contributed by atoms with E-state index in [2.05, 4.69) is 0 Å². The Hall–Kier alpha value is 0.400. The van der Waals surface area contributed by atoms with E-state index in [1.165, 1.54) is 0 Å². The highest BCUT2D eigenvalue weighted by Crippen LogP contribution is 1.84. The Balaban J connectivity index is 0. The Kier molecular flexibility index (Phi) is 1.04. The van der Waals surface area contributed by atoms with Crippen LogP contribution in [0, 0.1) is 0 Å². The summed E-state index contributed by atoms with van der Waals surface area (Å²) in [5.41, 5.74) is 0. The van der Waals surface area contributed by atoms with Crippen molar-refractivity contribution in [3.63, 3.8) is 0 Å². The Morgan fingerprint density at radius 1 is 1.50 bits per heavy atom. The van der Waals surface area contributed by atoms with E-state index >= 15 is 0 Å². The number of aliphatic hydroxyl groups excluding tert-OH is 1. The standard InChI is InChI=1S/C5H14NO.BrH/c1-6(2,3)4-5-7;/h7H,4-5H2,1-3H3;1H/q+1;/p-1/i1D3,2D3,3D3;. The molecule has 0 aromatic heterocycles. The summed E-state index contributed by atoms with van der Waals surface area (Å²) < 4.78 is 62.0. The molecule has 0 aromatic carbocycles. The highest BCUT2D eigenvalue weighted by atomic mass is 79.9. The molecule has 52 valence electrons. The molecule has 0 saturated heterocycles. The smallest absolute Gasteiger partial charge is 0.101 e. The molecule has 0 heterocycles. The third-order valence-corrected chi connectivity index (χ3v) is 0.435. The zero-order valence-electron chi connectivity index (χ0n) is 13.2. The van der Waals surface area contributed by atoms with Gasteiger partial charge in [-0.15, -0.1) is 0 Å². The van der Waals surface area contributed by atoms with Gasteiger partial charge in [-0.05, 0) is 0 Å². The zero-order valence-corrected chi connectivity index (χ0v) is 5.77. The summed E-state index contributed by atoms with van der Waals surface area (Å²) in [6, 6.07) is 0. The van der Waals surface area contributed by atoms with Gasteiger partial charge in [0.2, 0.25) is 0 Å². The first-order valence-corrected chi connectivity index (χ1v) is 1.80. The number of rotatable bonds is 2. The molecule has 0 radical (unpaired) electrons. The summed E-state index contributed by atoms with van der Waals surface area (Å²) in [7, 11) is 0. The van der Waals surface area contributed by atoms with E-state index in [4.69, 9.17) is 17.4 Å². The predicted molar refractivity (Wildman–Crippen MR) is 30.0 cm³/mol. The second-order valence-electron chi connectivity index (χ2n) is 1.26. The molecule has 0 atom stereocenters. The maximum Gasteiger partial charge on any atom is 0.101 e. The van der Waals surface area contributed by atoms with Gasteiger partial charge in [0.1, 0.15) is 6.54 Å². The molecule has 1 N–H and O–H groups in total. The summed E-state index contributed by atoms with van der Waals surface area (Å²) >= 11 is 0. The van der Waals surface area contributed by atoms with Crippen LogP contribution in [0.15, 0.2) is 0 Å². The van der Waals surface area contributed by atoms with E-state index in [1.807, 2.05) is 0 Å². The highest BCUT2D eigenvalue weighted by molar-refractivity contribution is 4.19. The molecule has 0 unspecified atom stereocenters. The van der Waals surface area contributed by atoms with E-state index in [1.54, 1.807) is 0 Å². The molecular weight excluding hydrogens is 170 g/mol. The van der Waals surface area contributed by atoms with Crippen molar-refractivity contribution in [2.75, 3.05) is 34.1 Å². The second-order valence-corrected chi connectivity index (χ2v) is 1.26. The SMILES string of the molecule is [2H]C([2H])([2H])[N+](CCO)(C([2H])([2H])[2H])C([2H])([2H])[2H].[Br-]. The van der Waals surface area contributed by atoms with Crippen molar-refractivity contribution >= 4 is 0 Å². The molecule has 8 heavy (non-hydrogen) atoms. The molecule has 0 rings (SSSR count). The van der Waals surface area contributed by atoms with E-state index < -0.39 is 38.6 Å². The maximum absolute atomic E-state index is 8.73. The number of halogens is 1. The first kappa shape index (κ1) is 1.94. The number of likely N-dealkylation sites (N-methyl/N-ethyl adjacent to an activating group) is 1. The lowest BCUT2D eigenvalue weighted by Gasteiger charge is -2.21. The van der Waals surface area contributed by atoms with Crippen LogP contribution < -0.4 is 17.0 Å². The average Bonchev–Trinajstić information content (AvgIpc) is 1.91. The fraction of sp³-hybridized carbons (Fsp3) is 1.00. The average molecular weight is 193 g/mol. The molecule has 0 aliphatic heterocycles. The number of hydrogen-bond donors (Lipinski definition) is 1. The summed E-state index contributed by atoms with van der Waals surface area (Å²) in [4.78, 5) is 0. The summed E-state index contributed by atoms with van der Waals surface area (Å²) in [5, 5.41) is 8.73. The zero-order chi connectivity index (χ0) is 13.4. The van der Waals surface area contributed by atoms with Crippen LogP contribution in [-0.4, -0.2) is 43.7 Å². The van der Waals surface area contributed by atoms with Gasteiger partial charge in [0, 0.05) is 0 Å². The minimum Gasteiger partial charge on any atom is -1.00 e. The molecule has 2 nitrogen and oxygen atoms in total. The molecule has 0 bridgehead atoms. The van der Waals surface area contributed by atoms with Gasteiger partial charge in [-0.25, -0.2) is 0 Å². The van der Waals surface area contributed by atoms with Crippen molar-refractivity contribution in [3.8, 4) is 0 Å². The fourth-order valence-electron chi connectivity index (χ4n) is 0.150. The van der Waals surface area contributed by atoms with Crippen LogP contribution in [0.1, 0.15) is 12.3 Å². The lowest BCUT2D eigenvalue weighted by molar-refractivity contribution is -0.870. The second kappa shape index (κ2) is 4.30. The lowest BCUT2D eigenvalue weighted by Crippen LogP contribution is -3.00. The van der Waals surface area contributed by atoms with Crippen LogP contribution in [0.2, 0.25) is 0 Å². The van der Waals surface area contributed by atoms with Gasteiger partial charge in [0.15, 0.2) is 0 Å². The van der Waals surface area contributed by atoms with Crippen molar-refractivity contribution < 1.29 is 38.9 Å². The predicted octanol–water partition coefficient (Wildman–Crippen LogP) is -3.31. The Morgan fingerprint density at radius 3 is 2.12 bits per heavy atom. The van der Waals surface area contributed by atoms with Crippen LogP contribution >= 0.6 is 0 Å². The molecule has 0 aliphatic carbocycles. The van der Waals surface area contributed by atoms with Crippen LogP contribution in [0.4, 0.5) is 0 Å². The van der Waals surface area contributed by atoms with Gasteiger partial charge >= 0.3 is 0 Å². The Morgan fingerprint density at radius 2 is 2.00 bits per heavy atom. The van der Waals surface area contributed by atoms with Gasteiger partial charge in [-0.1, -0.05) is 0 Å². The Bertz CT molecular complexity index is 207. The van der Waals surface area contributed by atoms with E-state index in [0.717, 1.165) is 0 Å². The van der Waals surface area contributed by atoms with E-state index in [-0.39, 0.29) is 17.0 Å². The largest absolute Gasteiger partial charge is 1.00 e. The van der Waals surface area contributed by atoms with Crippen molar-refractivity contribution in [3.05, 3.63) is 0 Å². The highest BCUT2D eigenvalue weighted by Gasteiger charge is 2.02. The van der Waals surface area contributed by atoms with Crippen LogP contribution in [0.25, 0.3) is 0 Å². The maximum atomic E-state index is 8.73. The van der Waals surface area contributed by atoms with Gasteiger partial charge in [-0.3, -0.25) is 0 Å². The van der Waals surface area contributed by atoms with Crippen molar-refractivity contribution in [1.82, 2.24) is 0 Å². The molecule has 3 heteroatoms. The normalized spacial score (nSPS) is 31.9. The number of hydrogen-bond acceptors (Lipinski definition) is 1. The minimum absolute atomic E-state index is 0. The van der Waals surface area contributed by atoms with Gasteiger partial charge < -0.3 is 26.6 Å². The molecule has 0 aliphatic rings. The summed E-state index contributed by atoms with van der Waals surface area (Å²) in [6.07, 6.45) is 0. The number of quaternary nitrogens is 1. The van der Waals surface area contributed by atoms with Gasteiger partial charge in [0.05, 0.1) is 39.9 Å². The molecular formula is C5H14BrNO. The summed E-state index contributed by atoms with van der Waals surface area (Å²) in [6.45, 7) is -11.5. The molecule has 0 saturated carbocycles. The molecule has 0 aromatic rings. The van der Waals surface area contributed by atoms with Crippen LogP contribution in [-0.2, 0) is 0 Å². The third-order valence-electron chi connectivity index (χ3n) is 0.435. The third kappa shape index (κ3) is 9.64. The van der Waals surface area contributed by atoms with Gasteiger partial charge in [0.25, 0.3) is 0 Å². The molecule has 0 spiro atoms. The van der Waals surface area contributed by atoms with E-state index in [0.29, 0.717) is 0 Å². The van der Waals surface area contributed by atoms with E-state index in [9.17, 15) is 0 Å². The van der Waals surface area contributed by atoms with Crippen LogP contribution in [0.5, 0.6) is 0 Å². The fourth-order valence-corrected chi connectivity index (χ4v) is 0.150. The Labute approximate surface area is 74.1 Å².